The molecule has 4 saturated carbocycles. The molecule has 0 aliphatic heterocycles. The predicted molar refractivity (Wildman–Crippen MR) is 44.0 cm³/mol. The summed E-state index contributed by atoms with van der Waals surface area (Å²) in [4.78, 5) is 0. The molecule has 0 aromatic carbocycles. The zero-order valence-electron chi connectivity index (χ0n) is 7.00. The molecule has 0 nitrogen and oxygen atoms in total. The third kappa shape index (κ3) is 0.494. The Hall–Kier alpha value is 0. The first-order valence-electron chi connectivity index (χ1n) is 5.45. The van der Waals surface area contributed by atoms with E-state index in [-0.39, 0.29) is 0 Å². The van der Waals surface area contributed by atoms with E-state index in [1.165, 1.54) is 35.5 Å². The molecule has 6 atom stereocenters. The summed E-state index contributed by atoms with van der Waals surface area (Å²) in [6, 6.07) is 0. The van der Waals surface area contributed by atoms with Crippen LogP contribution in [0.2, 0.25) is 0 Å². The van der Waals surface area contributed by atoms with E-state index < -0.39 is 0 Å². The fourth-order valence-corrected chi connectivity index (χ4v) is 5.00. The van der Waals surface area contributed by atoms with E-state index in [4.69, 9.17) is 0 Å². The average Bonchev–Trinajstić information content (AvgIpc) is 2.50. The van der Waals surface area contributed by atoms with Gasteiger partial charge in [0.05, 0.1) is 0 Å². The molecule has 6 unspecified atom stereocenters. The lowest BCUT2D eigenvalue weighted by Crippen LogP contribution is -2.20. The van der Waals surface area contributed by atoms with E-state index in [0.717, 1.165) is 0 Å². The zero-order valence-corrected chi connectivity index (χ0v) is 7.00. The summed E-state index contributed by atoms with van der Waals surface area (Å²) >= 11 is 0. The minimum absolute atomic E-state index is 1.20. The Balaban J connectivity index is 1.80. The Kier molecular flexibility index (Phi) is 0.781. The monoisotopic (exact) mass is 148 g/mol. The summed E-state index contributed by atoms with van der Waals surface area (Å²) in [7, 11) is 0. The fraction of sp³-hybridized carbons (Fsp3) is 1.00. The molecular weight excluding hydrogens is 132 g/mol. The van der Waals surface area contributed by atoms with Crippen LogP contribution in [-0.2, 0) is 0 Å². The van der Waals surface area contributed by atoms with Crippen molar-refractivity contribution in [3.05, 3.63) is 0 Å². The van der Waals surface area contributed by atoms with Gasteiger partial charge >= 0.3 is 0 Å². The number of hydrogen-bond donors (Lipinski definition) is 0. The SMILES string of the molecule is C1CC2CC1C1CCC3C2C13. The molecule has 0 amide bonds. The topological polar surface area (TPSA) is 0 Å². The molecule has 0 spiro atoms. The van der Waals surface area contributed by atoms with Gasteiger partial charge in [-0.1, -0.05) is 0 Å². The molecule has 0 saturated heterocycles. The van der Waals surface area contributed by atoms with Gasteiger partial charge < -0.3 is 0 Å². The van der Waals surface area contributed by atoms with Crippen molar-refractivity contribution in [2.75, 3.05) is 0 Å². The van der Waals surface area contributed by atoms with Gasteiger partial charge in [-0.05, 0) is 67.6 Å². The second kappa shape index (κ2) is 1.53. The Morgan fingerprint density at radius 3 is 2.45 bits per heavy atom. The second-order valence-electron chi connectivity index (χ2n) is 5.39. The third-order valence-electron chi connectivity index (χ3n) is 5.28. The Labute approximate surface area is 68.4 Å². The molecule has 0 N–H and O–H groups in total. The van der Waals surface area contributed by atoms with E-state index in [1.54, 1.807) is 32.1 Å². The summed E-state index contributed by atoms with van der Waals surface area (Å²) < 4.78 is 0. The van der Waals surface area contributed by atoms with Crippen LogP contribution >= 0.6 is 0 Å². The molecular formula is C11H16. The molecule has 60 valence electrons. The summed E-state index contributed by atoms with van der Waals surface area (Å²) in [6.07, 6.45) is 8.09. The van der Waals surface area contributed by atoms with Crippen LogP contribution in [0, 0.1) is 35.5 Å². The first kappa shape index (κ1) is 5.61. The van der Waals surface area contributed by atoms with Crippen LogP contribution in [0.15, 0.2) is 0 Å². The van der Waals surface area contributed by atoms with Crippen molar-refractivity contribution >= 4 is 0 Å². The van der Waals surface area contributed by atoms with Gasteiger partial charge in [0.2, 0.25) is 0 Å². The van der Waals surface area contributed by atoms with Gasteiger partial charge in [-0.3, -0.25) is 0 Å². The Morgan fingerprint density at radius 2 is 1.45 bits per heavy atom. The smallest absolute Gasteiger partial charge is 0.0318 e. The molecule has 2 bridgehead atoms. The highest BCUT2D eigenvalue weighted by atomic mass is 14.7. The van der Waals surface area contributed by atoms with Gasteiger partial charge in [0.1, 0.15) is 0 Å². The van der Waals surface area contributed by atoms with Gasteiger partial charge in [-0.2, -0.15) is 0 Å². The molecule has 4 rings (SSSR count). The maximum atomic E-state index is 1.64. The molecule has 0 heteroatoms. The second-order valence-corrected chi connectivity index (χ2v) is 5.39. The first-order chi connectivity index (χ1) is 5.45. The molecule has 11 heavy (non-hydrogen) atoms. The van der Waals surface area contributed by atoms with E-state index in [0.29, 0.717) is 0 Å². The van der Waals surface area contributed by atoms with Crippen molar-refractivity contribution in [1.29, 1.82) is 0 Å². The van der Waals surface area contributed by atoms with Crippen LogP contribution in [0.1, 0.15) is 32.1 Å². The van der Waals surface area contributed by atoms with Crippen LogP contribution in [0.5, 0.6) is 0 Å². The van der Waals surface area contributed by atoms with Crippen molar-refractivity contribution in [2.24, 2.45) is 35.5 Å². The molecule has 0 aromatic rings. The van der Waals surface area contributed by atoms with Gasteiger partial charge in [-0.15, -0.1) is 0 Å². The Bertz CT molecular complexity index is 202. The van der Waals surface area contributed by atoms with Crippen LogP contribution in [-0.4, -0.2) is 0 Å². The van der Waals surface area contributed by atoms with Crippen molar-refractivity contribution in [1.82, 2.24) is 0 Å². The van der Waals surface area contributed by atoms with Gasteiger partial charge in [0, 0.05) is 0 Å². The average molecular weight is 148 g/mol. The summed E-state index contributed by atoms with van der Waals surface area (Å²) in [6.45, 7) is 0. The van der Waals surface area contributed by atoms with E-state index >= 15 is 0 Å². The molecule has 0 heterocycles. The van der Waals surface area contributed by atoms with Crippen molar-refractivity contribution in [2.45, 2.75) is 32.1 Å². The van der Waals surface area contributed by atoms with Crippen LogP contribution in [0.4, 0.5) is 0 Å². The fourth-order valence-electron chi connectivity index (χ4n) is 5.00. The van der Waals surface area contributed by atoms with E-state index in [9.17, 15) is 0 Å². The van der Waals surface area contributed by atoms with Crippen molar-refractivity contribution in [3.8, 4) is 0 Å². The number of hydrogen-bond acceptors (Lipinski definition) is 0. The summed E-state index contributed by atoms with van der Waals surface area (Å²) in [5.41, 5.74) is 0. The maximum Gasteiger partial charge on any atom is -0.0318 e. The van der Waals surface area contributed by atoms with Crippen LogP contribution < -0.4 is 0 Å². The van der Waals surface area contributed by atoms with E-state index in [2.05, 4.69) is 0 Å². The maximum absolute atomic E-state index is 1.64. The normalized spacial score (nSPS) is 69.8. The van der Waals surface area contributed by atoms with E-state index in [1.807, 2.05) is 0 Å². The largest absolute Gasteiger partial charge is 0.0499 e. The minimum atomic E-state index is 1.20. The lowest BCUT2D eigenvalue weighted by molar-refractivity contribution is 0.220. The summed E-state index contributed by atoms with van der Waals surface area (Å²) in [5, 5.41) is 0. The van der Waals surface area contributed by atoms with Crippen molar-refractivity contribution in [3.63, 3.8) is 0 Å². The van der Waals surface area contributed by atoms with Crippen molar-refractivity contribution < 1.29 is 0 Å². The van der Waals surface area contributed by atoms with Gasteiger partial charge in [0.15, 0.2) is 0 Å². The third-order valence-corrected chi connectivity index (χ3v) is 5.28. The standard InChI is InChI=1S/C11H16/c1-2-7-5-6(1)8-3-4-9-10(7)11(8)9/h6-11H,1-5H2. The highest BCUT2D eigenvalue weighted by molar-refractivity contribution is 5.14. The molecule has 0 radical (unpaired) electrons. The highest BCUT2D eigenvalue weighted by Crippen LogP contribution is 2.72. The summed E-state index contributed by atoms with van der Waals surface area (Å²) in [5.74, 6) is 7.41. The van der Waals surface area contributed by atoms with Crippen LogP contribution in [0.3, 0.4) is 0 Å². The van der Waals surface area contributed by atoms with Crippen LogP contribution in [0.25, 0.3) is 0 Å². The quantitative estimate of drug-likeness (QED) is 0.495. The highest BCUT2D eigenvalue weighted by Gasteiger charge is 2.66. The lowest BCUT2D eigenvalue weighted by Gasteiger charge is -2.27. The van der Waals surface area contributed by atoms with Gasteiger partial charge in [0.25, 0.3) is 0 Å². The molecule has 4 aliphatic rings. The first-order valence-corrected chi connectivity index (χ1v) is 5.45. The number of fused-ring (bicyclic) bond motifs is 5. The zero-order chi connectivity index (χ0) is 7.00. The molecule has 0 aromatic heterocycles. The number of rotatable bonds is 0. The molecule has 4 aliphatic carbocycles. The van der Waals surface area contributed by atoms with Gasteiger partial charge in [-0.25, -0.2) is 0 Å². The Morgan fingerprint density at radius 1 is 0.636 bits per heavy atom. The molecule has 4 fully saturated rings. The minimum Gasteiger partial charge on any atom is -0.0499 e. The predicted octanol–water partition coefficient (Wildman–Crippen LogP) is 2.69. The lowest BCUT2D eigenvalue weighted by atomic mass is 9.78.